The molecule has 0 aromatic carbocycles. The molecule has 0 amide bonds. The summed E-state index contributed by atoms with van der Waals surface area (Å²) in [6, 6.07) is 4.98. The summed E-state index contributed by atoms with van der Waals surface area (Å²) in [5.41, 5.74) is 0.0792. The monoisotopic (exact) mass is 492 g/mol. The van der Waals surface area contributed by atoms with Crippen molar-refractivity contribution in [2.24, 2.45) is 10.9 Å². The minimum absolute atomic E-state index is 0. The van der Waals surface area contributed by atoms with Crippen LogP contribution < -0.4 is 10.6 Å². The largest absolute Gasteiger partial charge is 0.357 e. The highest BCUT2D eigenvalue weighted by atomic mass is 127. The first-order valence-corrected chi connectivity index (χ1v) is 10.6. The fraction of sp³-hybridized carbons (Fsp3) is 0.750. The molecule has 1 unspecified atom stereocenters. The molecular formula is C20H37IN4S. The summed E-state index contributed by atoms with van der Waals surface area (Å²) in [5, 5.41) is 9.13. The highest BCUT2D eigenvalue weighted by Gasteiger charge is 2.23. The average Bonchev–Trinajstić information content (AvgIpc) is 3.13. The van der Waals surface area contributed by atoms with Crippen molar-refractivity contribution in [3.8, 4) is 0 Å². The number of guanidine groups is 1. The summed E-state index contributed by atoms with van der Waals surface area (Å²) in [6.45, 7) is 16.4. The maximum Gasteiger partial charge on any atom is 0.191 e. The Morgan fingerprint density at radius 1 is 1.38 bits per heavy atom. The van der Waals surface area contributed by atoms with Crippen LogP contribution in [-0.2, 0) is 5.41 Å². The Morgan fingerprint density at radius 3 is 2.77 bits per heavy atom. The second-order valence-electron chi connectivity index (χ2n) is 8.03. The van der Waals surface area contributed by atoms with Crippen molar-refractivity contribution in [3.63, 3.8) is 0 Å². The standard InChI is InChI=1S/C20H36N4S.HI/c1-6-21-19(23-15-20(4,5)18-10-8-12-25-18)22-13-17-9-7-11-24(14-17)16(2)3;/h8,10,12,16-17H,6-7,9,11,13-15H2,1-5H3,(H2,21,22,23);1H. The van der Waals surface area contributed by atoms with Crippen LogP contribution >= 0.6 is 35.3 Å². The average molecular weight is 493 g/mol. The van der Waals surface area contributed by atoms with E-state index in [1.54, 1.807) is 0 Å². The summed E-state index contributed by atoms with van der Waals surface area (Å²) in [4.78, 5) is 8.86. The van der Waals surface area contributed by atoms with Crippen LogP contribution in [0.15, 0.2) is 22.5 Å². The molecule has 0 aliphatic carbocycles. The maximum absolute atomic E-state index is 4.87. The van der Waals surface area contributed by atoms with Gasteiger partial charge in [-0.15, -0.1) is 35.3 Å². The molecule has 26 heavy (non-hydrogen) atoms. The Bertz CT molecular complexity index is 528. The van der Waals surface area contributed by atoms with Crippen LogP contribution in [0.4, 0.5) is 0 Å². The first-order valence-electron chi connectivity index (χ1n) is 9.72. The molecule has 1 saturated heterocycles. The zero-order valence-electron chi connectivity index (χ0n) is 17.0. The number of hydrogen-bond donors (Lipinski definition) is 2. The summed E-state index contributed by atoms with van der Waals surface area (Å²) < 4.78 is 0. The molecule has 4 nitrogen and oxygen atoms in total. The highest BCUT2D eigenvalue weighted by Crippen LogP contribution is 2.27. The van der Waals surface area contributed by atoms with E-state index in [4.69, 9.17) is 4.99 Å². The molecule has 1 atom stereocenters. The summed E-state index contributed by atoms with van der Waals surface area (Å²) in [7, 11) is 0. The van der Waals surface area contributed by atoms with Crippen molar-refractivity contribution in [2.75, 3.05) is 32.7 Å². The van der Waals surface area contributed by atoms with E-state index in [-0.39, 0.29) is 29.4 Å². The van der Waals surface area contributed by atoms with Gasteiger partial charge in [0.2, 0.25) is 0 Å². The third-order valence-corrected chi connectivity index (χ3v) is 6.24. The molecule has 1 aromatic rings. The Morgan fingerprint density at radius 2 is 2.15 bits per heavy atom. The number of hydrogen-bond acceptors (Lipinski definition) is 3. The second-order valence-corrected chi connectivity index (χ2v) is 8.98. The van der Waals surface area contributed by atoms with Crippen molar-refractivity contribution in [3.05, 3.63) is 22.4 Å². The molecule has 1 aliphatic rings. The molecule has 6 heteroatoms. The van der Waals surface area contributed by atoms with Gasteiger partial charge in [-0.25, -0.2) is 0 Å². The van der Waals surface area contributed by atoms with Crippen molar-refractivity contribution in [1.29, 1.82) is 0 Å². The van der Waals surface area contributed by atoms with E-state index in [2.05, 4.69) is 67.7 Å². The Balaban J connectivity index is 0.00000338. The molecule has 0 saturated carbocycles. The first-order chi connectivity index (χ1) is 11.9. The third kappa shape index (κ3) is 7.35. The molecule has 0 radical (unpaired) electrons. The van der Waals surface area contributed by atoms with Crippen molar-refractivity contribution in [2.45, 2.75) is 58.9 Å². The topological polar surface area (TPSA) is 39.7 Å². The first kappa shape index (κ1) is 23.7. The number of likely N-dealkylation sites (tertiary alicyclic amines) is 1. The quantitative estimate of drug-likeness (QED) is 0.339. The van der Waals surface area contributed by atoms with Crippen LogP contribution in [0.25, 0.3) is 0 Å². The lowest BCUT2D eigenvalue weighted by atomic mass is 9.92. The Kier molecular flexibility index (Phi) is 10.5. The number of nitrogens with one attached hydrogen (secondary N) is 2. The molecule has 0 spiro atoms. The van der Waals surface area contributed by atoms with Gasteiger partial charge < -0.3 is 15.5 Å². The van der Waals surface area contributed by atoms with Gasteiger partial charge in [0.15, 0.2) is 5.96 Å². The van der Waals surface area contributed by atoms with Gasteiger partial charge >= 0.3 is 0 Å². The summed E-state index contributed by atoms with van der Waals surface area (Å²) >= 11 is 1.82. The number of halogens is 1. The number of rotatable bonds is 7. The van der Waals surface area contributed by atoms with Gasteiger partial charge in [0, 0.05) is 36.0 Å². The van der Waals surface area contributed by atoms with Crippen LogP contribution in [0.3, 0.4) is 0 Å². The van der Waals surface area contributed by atoms with Gasteiger partial charge in [-0.3, -0.25) is 4.99 Å². The molecule has 1 aromatic heterocycles. The SMILES string of the molecule is CCNC(=NCC(C)(C)c1cccs1)NCC1CCCN(C(C)C)C1.I. The van der Waals surface area contributed by atoms with Gasteiger partial charge in [0.1, 0.15) is 0 Å². The van der Waals surface area contributed by atoms with E-state index in [0.717, 1.165) is 25.6 Å². The van der Waals surface area contributed by atoms with Gasteiger partial charge in [-0.05, 0) is 57.5 Å². The highest BCUT2D eigenvalue weighted by molar-refractivity contribution is 14.0. The van der Waals surface area contributed by atoms with Crippen molar-refractivity contribution < 1.29 is 0 Å². The smallest absolute Gasteiger partial charge is 0.191 e. The minimum Gasteiger partial charge on any atom is -0.357 e. The predicted octanol–water partition coefficient (Wildman–Crippen LogP) is 4.32. The third-order valence-electron chi connectivity index (χ3n) is 5.00. The number of piperidine rings is 1. The summed E-state index contributed by atoms with van der Waals surface area (Å²) in [6.07, 6.45) is 2.62. The minimum atomic E-state index is 0. The van der Waals surface area contributed by atoms with E-state index in [0.29, 0.717) is 12.0 Å². The van der Waals surface area contributed by atoms with Gasteiger partial charge in [0.05, 0.1) is 6.54 Å². The molecule has 2 rings (SSSR count). The lowest BCUT2D eigenvalue weighted by Gasteiger charge is -2.35. The van der Waals surface area contributed by atoms with Gasteiger partial charge in [0.25, 0.3) is 0 Å². The number of aliphatic imine (C=N–C) groups is 1. The molecule has 0 bridgehead atoms. The molecule has 1 aliphatic heterocycles. The number of nitrogens with zero attached hydrogens (tertiary/aromatic N) is 2. The lowest BCUT2D eigenvalue weighted by Crippen LogP contribution is -2.46. The predicted molar refractivity (Wildman–Crippen MR) is 126 cm³/mol. The van der Waals surface area contributed by atoms with Crippen LogP contribution in [0, 0.1) is 5.92 Å². The fourth-order valence-electron chi connectivity index (χ4n) is 3.33. The van der Waals surface area contributed by atoms with Gasteiger partial charge in [-0.1, -0.05) is 19.9 Å². The van der Waals surface area contributed by atoms with E-state index in [1.165, 1.54) is 30.8 Å². The van der Waals surface area contributed by atoms with Crippen LogP contribution in [-0.4, -0.2) is 49.6 Å². The van der Waals surface area contributed by atoms with Crippen molar-refractivity contribution in [1.82, 2.24) is 15.5 Å². The molecule has 1 fully saturated rings. The fourth-order valence-corrected chi connectivity index (χ4v) is 4.18. The number of thiophene rings is 1. The maximum atomic E-state index is 4.87. The van der Waals surface area contributed by atoms with E-state index in [9.17, 15) is 0 Å². The lowest BCUT2D eigenvalue weighted by molar-refractivity contribution is 0.141. The van der Waals surface area contributed by atoms with E-state index in [1.807, 2.05) is 11.3 Å². The van der Waals surface area contributed by atoms with Gasteiger partial charge in [-0.2, -0.15) is 0 Å². The Hall–Kier alpha value is -0.340. The van der Waals surface area contributed by atoms with Crippen LogP contribution in [0.2, 0.25) is 0 Å². The summed E-state index contributed by atoms with van der Waals surface area (Å²) in [5.74, 6) is 1.67. The molecular weight excluding hydrogens is 455 g/mol. The Labute approximate surface area is 181 Å². The van der Waals surface area contributed by atoms with Crippen LogP contribution in [0.5, 0.6) is 0 Å². The van der Waals surface area contributed by atoms with Crippen molar-refractivity contribution >= 4 is 41.3 Å². The second kappa shape index (κ2) is 11.5. The zero-order chi connectivity index (χ0) is 18.3. The molecule has 2 N–H and O–H groups in total. The molecule has 150 valence electrons. The van der Waals surface area contributed by atoms with E-state index < -0.39 is 0 Å². The van der Waals surface area contributed by atoms with Crippen LogP contribution in [0.1, 0.15) is 52.3 Å². The normalized spacial score (nSPS) is 19.3. The zero-order valence-corrected chi connectivity index (χ0v) is 20.2. The molecule has 2 heterocycles. The van der Waals surface area contributed by atoms with E-state index >= 15 is 0 Å².